The van der Waals surface area contributed by atoms with Crippen LogP contribution in [0.15, 0.2) is 36.4 Å². The maximum atomic E-state index is 7.75. The van der Waals surface area contributed by atoms with Gasteiger partial charge in [-0.3, -0.25) is 0 Å². The van der Waals surface area contributed by atoms with E-state index in [1.807, 2.05) is 51.1 Å². The van der Waals surface area contributed by atoms with Gasteiger partial charge in [-0.05, 0) is 22.9 Å². The molecule has 0 aliphatic heterocycles. The van der Waals surface area contributed by atoms with E-state index in [0.717, 1.165) is 16.0 Å². The Morgan fingerprint density at radius 1 is 1.31 bits per heavy atom. The summed E-state index contributed by atoms with van der Waals surface area (Å²) in [6.45, 7) is 13.9. The van der Waals surface area contributed by atoms with Gasteiger partial charge in [0, 0.05) is 11.1 Å². The third kappa shape index (κ3) is 2.48. The Labute approximate surface area is 97.3 Å². The molecule has 1 rings (SSSR count). The molecule has 0 heterocycles. The van der Waals surface area contributed by atoms with Crippen LogP contribution in [0.4, 0.5) is 0 Å². The second kappa shape index (κ2) is 4.48. The van der Waals surface area contributed by atoms with Gasteiger partial charge >= 0.3 is 0 Å². The molecule has 0 bridgehead atoms. The van der Waals surface area contributed by atoms with Crippen LogP contribution in [0.3, 0.4) is 0 Å². The fourth-order valence-corrected chi connectivity index (χ4v) is 1.28. The minimum atomic E-state index is -0.289. The molecular formula is C15H19N. The van der Waals surface area contributed by atoms with Gasteiger partial charge in [-0.2, -0.15) is 0 Å². The quantitative estimate of drug-likeness (QED) is 0.746. The Bertz CT molecular complexity index is 521. The van der Waals surface area contributed by atoms with Crippen LogP contribution in [0.25, 0.3) is 12.7 Å². The lowest BCUT2D eigenvalue weighted by Crippen LogP contribution is -2.27. The Morgan fingerprint density at radius 2 is 1.88 bits per heavy atom. The van der Waals surface area contributed by atoms with E-state index in [0.29, 0.717) is 5.71 Å². The summed E-state index contributed by atoms with van der Waals surface area (Å²) < 4.78 is 0. The minimum absolute atomic E-state index is 0.289. The van der Waals surface area contributed by atoms with Gasteiger partial charge in [0.15, 0.2) is 0 Å². The van der Waals surface area contributed by atoms with E-state index in [1.165, 1.54) is 0 Å². The Hall–Kier alpha value is -1.63. The highest BCUT2D eigenvalue weighted by Gasteiger charge is 2.22. The van der Waals surface area contributed by atoms with Gasteiger partial charge in [-0.1, -0.05) is 57.3 Å². The van der Waals surface area contributed by atoms with Crippen LogP contribution < -0.4 is 10.4 Å². The van der Waals surface area contributed by atoms with Gasteiger partial charge in [0.25, 0.3) is 0 Å². The third-order valence-electron chi connectivity index (χ3n) is 3.13. The molecule has 0 saturated heterocycles. The van der Waals surface area contributed by atoms with Crippen molar-refractivity contribution in [3.05, 3.63) is 46.9 Å². The van der Waals surface area contributed by atoms with Crippen LogP contribution in [-0.2, 0) is 0 Å². The van der Waals surface area contributed by atoms with Crippen molar-refractivity contribution in [3.8, 4) is 0 Å². The largest absolute Gasteiger partial charge is 0.309 e. The summed E-state index contributed by atoms with van der Waals surface area (Å²) in [6.07, 6.45) is 2.01. The van der Waals surface area contributed by atoms with Crippen molar-refractivity contribution in [3.63, 3.8) is 0 Å². The molecule has 0 aromatic heterocycles. The summed E-state index contributed by atoms with van der Waals surface area (Å²) in [5, 5.41) is 9.81. The van der Waals surface area contributed by atoms with Crippen LogP contribution in [0.2, 0.25) is 0 Å². The molecule has 0 aliphatic carbocycles. The molecule has 0 fully saturated rings. The number of hydrogen-bond acceptors (Lipinski definition) is 1. The third-order valence-corrected chi connectivity index (χ3v) is 3.13. The highest BCUT2D eigenvalue weighted by Crippen LogP contribution is 2.26. The molecule has 0 saturated carbocycles. The fraction of sp³-hybridized carbons (Fsp3) is 0.267. The van der Waals surface area contributed by atoms with E-state index in [1.54, 1.807) is 0 Å². The van der Waals surface area contributed by atoms with E-state index in [2.05, 4.69) is 13.2 Å². The monoisotopic (exact) mass is 213 g/mol. The van der Waals surface area contributed by atoms with Gasteiger partial charge in [-0.15, -0.1) is 0 Å². The second-order valence-electron chi connectivity index (χ2n) is 4.62. The SMILES string of the molecule is C=C(/C=c1/ccccc1=C)C(C)(C)C(C)=N. The lowest BCUT2D eigenvalue weighted by Gasteiger charge is -2.24. The smallest absolute Gasteiger partial charge is 0.0264 e. The number of nitrogens with one attached hydrogen (secondary N) is 1. The summed E-state index contributed by atoms with van der Waals surface area (Å²) in [7, 11) is 0. The number of rotatable bonds is 3. The molecule has 0 spiro atoms. The van der Waals surface area contributed by atoms with E-state index in [-0.39, 0.29) is 5.41 Å². The molecule has 1 heteroatoms. The van der Waals surface area contributed by atoms with Crippen molar-refractivity contribution in [1.82, 2.24) is 0 Å². The molecule has 0 amide bonds. The zero-order valence-corrected chi connectivity index (χ0v) is 10.3. The normalized spacial score (nSPS) is 12.6. The van der Waals surface area contributed by atoms with Crippen molar-refractivity contribution in [2.45, 2.75) is 20.8 Å². The van der Waals surface area contributed by atoms with Gasteiger partial charge in [-0.25, -0.2) is 0 Å². The summed E-state index contributed by atoms with van der Waals surface area (Å²) in [5.74, 6) is 0. The zero-order valence-electron chi connectivity index (χ0n) is 10.3. The maximum absolute atomic E-state index is 7.75. The van der Waals surface area contributed by atoms with Crippen LogP contribution in [0, 0.1) is 10.8 Å². The van der Waals surface area contributed by atoms with Gasteiger partial charge in [0.2, 0.25) is 0 Å². The van der Waals surface area contributed by atoms with Gasteiger partial charge in [0.1, 0.15) is 0 Å². The summed E-state index contributed by atoms with van der Waals surface area (Å²) in [6, 6.07) is 7.94. The average Bonchev–Trinajstić information content (AvgIpc) is 2.21. The van der Waals surface area contributed by atoms with Crippen LogP contribution in [-0.4, -0.2) is 5.71 Å². The Kier molecular flexibility index (Phi) is 3.48. The Morgan fingerprint density at radius 3 is 2.38 bits per heavy atom. The first-order valence-electron chi connectivity index (χ1n) is 5.36. The summed E-state index contributed by atoms with van der Waals surface area (Å²) in [4.78, 5) is 0. The predicted molar refractivity (Wildman–Crippen MR) is 72.0 cm³/mol. The maximum Gasteiger partial charge on any atom is 0.0264 e. The van der Waals surface area contributed by atoms with Crippen molar-refractivity contribution in [2.24, 2.45) is 5.41 Å². The van der Waals surface area contributed by atoms with Crippen LogP contribution >= 0.6 is 0 Å². The molecule has 16 heavy (non-hydrogen) atoms. The first-order chi connectivity index (χ1) is 7.35. The molecule has 0 radical (unpaired) electrons. The highest BCUT2D eigenvalue weighted by atomic mass is 14.5. The predicted octanol–water partition coefficient (Wildman–Crippen LogP) is 2.50. The lowest BCUT2D eigenvalue weighted by atomic mass is 9.80. The van der Waals surface area contributed by atoms with Crippen molar-refractivity contribution >= 4 is 18.4 Å². The van der Waals surface area contributed by atoms with E-state index < -0.39 is 0 Å². The lowest BCUT2D eigenvalue weighted by molar-refractivity contribution is 0.645. The van der Waals surface area contributed by atoms with Crippen LogP contribution in [0.1, 0.15) is 20.8 Å². The standard InChI is InChI=1S/C15H19N/c1-11-8-6-7-9-14(11)10-12(2)15(4,5)13(3)16/h6-10,16H,1-2H2,3-5H3/b14-10-,16-13?. The van der Waals surface area contributed by atoms with Crippen molar-refractivity contribution in [2.75, 3.05) is 0 Å². The first-order valence-corrected chi connectivity index (χ1v) is 5.36. The number of allylic oxidation sites excluding steroid dienone is 1. The molecule has 1 N–H and O–H groups in total. The number of benzene rings is 1. The fourth-order valence-electron chi connectivity index (χ4n) is 1.28. The Balaban J connectivity index is 3.22. The molecule has 1 aromatic rings. The van der Waals surface area contributed by atoms with Crippen molar-refractivity contribution < 1.29 is 0 Å². The number of hydrogen-bond donors (Lipinski definition) is 1. The van der Waals surface area contributed by atoms with Gasteiger partial charge in [0.05, 0.1) is 0 Å². The van der Waals surface area contributed by atoms with E-state index >= 15 is 0 Å². The van der Waals surface area contributed by atoms with E-state index in [4.69, 9.17) is 5.41 Å². The topological polar surface area (TPSA) is 23.9 Å². The summed E-state index contributed by atoms with van der Waals surface area (Å²) in [5.41, 5.74) is 1.27. The molecule has 0 unspecified atom stereocenters. The zero-order chi connectivity index (χ0) is 12.3. The molecule has 1 aromatic carbocycles. The molecule has 1 nitrogen and oxygen atoms in total. The van der Waals surface area contributed by atoms with Gasteiger partial charge < -0.3 is 5.41 Å². The molecule has 0 atom stereocenters. The van der Waals surface area contributed by atoms with E-state index in [9.17, 15) is 0 Å². The highest BCUT2D eigenvalue weighted by molar-refractivity contribution is 5.89. The average molecular weight is 213 g/mol. The molecule has 84 valence electrons. The second-order valence-corrected chi connectivity index (χ2v) is 4.62. The first kappa shape index (κ1) is 12.4. The van der Waals surface area contributed by atoms with Crippen LogP contribution in [0.5, 0.6) is 0 Å². The molecular weight excluding hydrogens is 194 g/mol. The molecule has 0 aliphatic rings. The van der Waals surface area contributed by atoms with Crippen molar-refractivity contribution in [1.29, 1.82) is 5.41 Å². The minimum Gasteiger partial charge on any atom is -0.309 e. The summed E-state index contributed by atoms with van der Waals surface area (Å²) >= 11 is 0.